The van der Waals surface area contributed by atoms with Gasteiger partial charge in [0.15, 0.2) is 0 Å². The SMILES string of the molecule is NC1CCCN(S(=O)(=O)c2ccc([N+](=O)[O-])cc2C(F)(F)F)C1. The van der Waals surface area contributed by atoms with Gasteiger partial charge in [-0.25, -0.2) is 8.42 Å². The number of hydrogen-bond donors (Lipinski definition) is 1. The van der Waals surface area contributed by atoms with E-state index in [1.165, 1.54) is 0 Å². The molecule has 11 heteroatoms. The van der Waals surface area contributed by atoms with Crippen molar-refractivity contribution in [1.29, 1.82) is 0 Å². The maximum atomic E-state index is 13.1. The quantitative estimate of drug-likeness (QED) is 0.658. The molecule has 1 aromatic rings. The van der Waals surface area contributed by atoms with E-state index in [4.69, 9.17) is 5.73 Å². The van der Waals surface area contributed by atoms with Crippen LogP contribution in [0.5, 0.6) is 0 Å². The van der Waals surface area contributed by atoms with Crippen LogP contribution in [-0.4, -0.2) is 36.8 Å². The first-order valence-corrected chi connectivity index (χ1v) is 8.09. The normalized spacial score (nSPS) is 20.4. The van der Waals surface area contributed by atoms with Crippen molar-refractivity contribution in [2.45, 2.75) is 30.0 Å². The fraction of sp³-hybridized carbons (Fsp3) is 0.500. The number of rotatable bonds is 3. The first-order valence-electron chi connectivity index (χ1n) is 6.65. The summed E-state index contributed by atoms with van der Waals surface area (Å²) >= 11 is 0. The molecule has 0 spiro atoms. The molecule has 0 amide bonds. The summed E-state index contributed by atoms with van der Waals surface area (Å²) < 4.78 is 65.3. The molecule has 1 unspecified atom stereocenters. The molecule has 2 N–H and O–H groups in total. The summed E-state index contributed by atoms with van der Waals surface area (Å²) in [5.41, 5.74) is 3.29. The van der Waals surface area contributed by atoms with Crippen LogP contribution in [-0.2, 0) is 16.2 Å². The van der Waals surface area contributed by atoms with Gasteiger partial charge in [-0.2, -0.15) is 17.5 Å². The molecule has 0 aromatic heterocycles. The molecule has 1 fully saturated rings. The van der Waals surface area contributed by atoms with Crippen LogP contribution in [0.4, 0.5) is 18.9 Å². The third kappa shape index (κ3) is 3.62. The summed E-state index contributed by atoms with van der Waals surface area (Å²) in [6, 6.07) is 1.14. The van der Waals surface area contributed by atoms with Crippen LogP contribution in [0.2, 0.25) is 0 Å². The minimum absolute atomic E-state index is 0.0598. The highest BCUT2D eigenvalue weighted by atomic mass is 32.2. The molecule has 1 aliphatic rings. The average Bonchev–Trinajstić information content (AvgIpc) is 2.45. The Morgan fingerprint density at radius 3 is 2.52 bits per heavy atom. The van der Waals surface area contributed by atoms with E-state index in [0.717, 1.165) is 10.4 Å². The molecule has 1 atom stereocenters. The predicted octanol–water partition coefficient (Wildman–Crippen LogP) is 1.73. The number of piperidine rings is 1. The van der Waals surface area contributed by atoms with E-state index >= 15 is 0 Å². The summed E-state index contributed by atoms with van der Waals surface area (Å²) in [5.74, 6) is 0. The second-order valence-corrected chi connectivity index (χ2v) is 7.11. The Bertz CT molecular complexity index is 721. The number of nitro groups is 1. The van der Waals surface area contributed by atoms with E-state index in [9.17, 15) is 31.7 Å². The summed E-state index contributed by atoms with van der Waals surface area (Å²) in [4.78, 5) is 8.64. The third-order valence-electron chi connectivity index (χ3n) is 3.52. The van der Waals surface area contributed by atoms with Gasteiger partial charge < -0.3 is 5.73 Å². The lowest BCUT2D eigenvalue weighted by molar-refractivity contribution is -0.385. The monoisotopic (exact) mass is 353 g/mol. The number of non-ortho nitro benzene ring substituents is 1. The molecular formula is C12H14F3N3O4S. The molecule has 1 aromatic carbocycles. The minimum Gasteiger partial charge on any atom is -0.327 e. The standard InChI is InChI=1S/C12H14F3N3O4S/c13-12(14,15)10-6-9(18(19)20)3-4-11(10)23(21,22)17-5-1-2-8(16)7-17/h3-4,6,8H,1-2,5,7,16H2. The summed E-state index contributed by atoms with van der Waals surface area (Å²) in [5, 5.41) is 10.6. The number of nitrogens with zero attached hydrogens (tertiary/aromatic N) is 2. The van der Waals surface area contributed by atoms with Gasteiger partial charge in [0.1, 0.15) is 0 Å². The number of halogens is 3. The van der Waals surface area contributed by atoms with Gasteiger partial charge in [0, 0.05) is 31.3 Å². The third-order valence-corrected chi connectivity index (χ3v) is 5.44. The van der Waals surface area contributed by atoms with Gasteiger partial charge in [0.2, 0.25) is 10.0 Å². The number of sulfonamides is 1. The molecule has 0 radical (unpaired) electrons. The zero-order valence-electron chi connectivity index (χ0n) is 11.8. The molecule has 23 heavy (non-hydrogen) atoms. The lowest BCUT2D eigenvalue weighted by Crippen LogP contribution is -2.45. The van der Waals surface area contributed by atoms with Crippen molar-refractivity contribution in [2.75, 3.05) is 13.1 Å². The van der Waals surface area contributed by atoms with Crippen LogP contribution >= 0.6 is 0 Å². The van der Waals surface area contributed by atoms with Gasteiger partial charge in [0.25, 0.3) is 5.69 Å². The lowest BCUT2D eigenvalue weighted by Gasteiger charge is -2.30. The lowest BCUT2D eigenvalue weighted by atomic mass is 10.1. The number of nitrogens with two attached hydrogens (primary N) is 1. The Balaban J connectivity index is 2.55. The Hall–Kier alpha value is -1.72. The molecule has 1 aliphatic heterocycles. The van der Waals surface area contributed by atoms with E-state index in [2.05, 4.69) is 0 Å². The zero-order valence-corrected chi connectivity index (χ0v) is 12.6. The van der Waals surface area contributed by atoms with Gasteiger partial charge in [0.05, 0.1) is 15.4 Å². The van der Waals surface area contributed by atoms with Gasteiger partial charge in [-0.3, -0.25) is 10.1 Å². The van der Waals surface area contributed by atoms with Crippen molar-refractivity contribution >= 4 is 15.7 Å². The average molecular weight is 353 g/mol. The van der Waals surface area contributed by atoms with Crippen molar-refractivity contribution in [1.82, 2.24) is 4.31 Å². The van der Waals surface area contributed by atoms with Crippen LogP contribution in [0, 0.1) is 10.1 Å². The van der Waals surface area contributed by atoms with Crippen LogP contribution in [0.15, 0.2) is 23.1 Å². The molecule has 0 aliphatic carbocycles. The molecule has 1 heterocycles. The summed E-state index contributed by atoms with van der Waals surface area (Å²) in [7, 11) is -4.44. The Labute approximate surface area is 130 Å². The van der Waals surface area contributed by atoms with Crippen LogP contribution in [0.25, 0.3) is 0 Å². The van der Waals surface area contributed by atoms with Crippen molar-refractivity contribution in [2.24, 2.45) is 5.73 Å². The fourth-order valence-electron chi connectivity index (χ4n) is 2.41. The maximum Gasteiger partial charge on any atom is 0.417 e. The highest BCUT2D eigenvalue weighted by Gasteiger charge is 2.41. The number of nitro benzene ring substituents is 1. The Kier molecular flexibility index (Phi) is 4.64. The second-order valence-electron chi connectivity index (χ2n) is 5.20. The van der Waals surface area contributed by atoms with Crippen molar-refractivity contribution in [3.8, 4) is 0 Å². The van der Waals surface area contributed by atoms with Gasteiger partial charge in [-0.05, 0) is 18.9 Å². The van der Waals surface area contributed by atoms with E-state index < -0.39 is 43.3 Å². The van der Waals surface area contributed by atoms with Crippen LogP contribution in [0.3, 0.4) is 0 Å². The maximum absolute atomic E-state index is 13.1. The smallest absolute Gasteiger partial charge is 0.327 e. The number of hydrogen-bond acceptors (Lipinski definition) is 5. The molecule has 2 rings (SSSR count). The second kappa shape index (κ2) is 6.06. The van der Waals surface area contributed by atoms with E-state index in [1.807, 2.05) is 0 Å². The van der Waals surface area contributed by atoms with Crippen molar-refractivity contribution in [3.63, 3.8) is 0 Å². The van der Waals surface area contributed by atoms with Crippen molar-refractivity contribution in [3.05, 3.63) is 33.9 Å². The van der Waals surface area contributed by atoms with Gasteiger partial charge in [-0.1, -0.05) is 0 Å². The van der Waals surface area contributed by atoms with Gasteiger partial charge in [-0.15, -0.1) is 0 Å². The highest BCUT2D eigenvalue weighted by molar-refractivity contribution is 7.89. The van der Waals surface area contributed by atoms with Crippen molar-refractivity contribution < 1.29 is 26.5 Å². The van der Waals surface area contributed by atoms with E-state index in [0.29, 0.717) is 18.9 Å². The van der Waals surface area contributed by atoms with E-state index in [1.54, 1.807) is 0 Å². The largest absolute Gasteiger partial charge is 0.417 e. The summed E-state index contributed by atoms with van der Waals surface area (Å²) in [6.45, 7) is -0.0268. The fourth-order valence-corrected chi connectivity index (χ4v) is 4.14. The minimum atomic E-state index is -5.04. The Morgan fingerprint density at radius 1 is 1.35 bits per heavy atom. The van der Waals surface area contributed by atoms with Crippen LogP contribution < -0.4 is 5.73 Å². The molecule has 0 bridgehead atoms. The number of benzene rings is 1. The number of alkyl halides is 3. The molecule has 7 nitrogen and oxygen atoms in total. The molecule has 1 saturated heterocycles. The first kappa shape index (κ1) is 17.6. The molecular weight excluding hydrogens is 339 g/mol. The molecule has 0 saturated carbocycles. The summed E-state index contributed by atoms with van der Waals surface area (Å²) in [6.07, 6.45) is -4.01. The Morgan fingerprint density at radius 2 is 2.00 bits per heavy atom. The molecule has 128 valence electrons. The van der Waals surface area contributed by atoms with E-state index in [-0.39, 0.29) is 19.2 Å². The topological polar surface area (TPSA) is 107 Å². The predicted molar refractivity (Wildman–Crippen MR) is 74.1 cm³/mol. The zero-order chi connectivity index (χ0) is 17.4. The van der Waals surface area contributed by atoms with Crippen LogP contribution in [0.1, 0.15) is 18.4 Å². The highest BCUT2D eigenvalue weighted by Crippen LogP contribution is 2.37. The first-order chi connectivity index (χ1) is 10.5. The van der Waals surface area contributed by atoms with Gasteiger partial charge >= 0.3 is 6.18 Å².